The molecule has 8 heteroatoms. The summed E-state index contributed by atoms with van der Waals surface area (Å²) in [7, 11) is -2.70. The lowest BCUT2D eigenvalue weighted by molar-refractivity contribution is -0.144. The number of carbonyl (C=O) groups is 1. The molecule has 1 aromatic rings. The van der Waals surface area contributed by atoms with E-state index in [1.165, 1.54) is 19.2 Å². The van der Waals surface area contributed by atoms with Crippen LogP contribution in [0.5, 0.6) is 5.75 Å². The zero-order valence-corrected chi connectivity index (χ0v) is 13.2. The van der Waals surface area contributed by atoms with E-state index in [0.29, 0.717) is 12.4 Å². The van der Waals surface area contributed by atoms with E-state index < -0.39 is 28.1 Å². The summed E-state index contributed by atoms with van der Waals surface area (Å²) in [5.41, 5.74) is 0. The first-order valence-electron chi connectivity index (χ1n) is 6.90. The first-order chi connectivity index (χ1) is 10.4. The van der Waals surface area contributed by atoms with Crippen molar-refractivity contribution in [3.8, 4) is 5.75 Å². The monoisotopic (exact) mass is 329 g/mol. The molecule has 0 saturated carbocycles. The van der Waals surface area contributed by atoms with Crippen molar-refractivity contribution in [2.24, 2.45) is 0 Å². The van der Waals surface area contributed by atoms with Gasteiger partial charge in [-0.2, -0.15) is 4.31 Å². The Bertz CT molecular complexity index is 627. The van der Waals surface area contributed by atoms with Crippen molar-refractivity contribution in [3.05, 3.63) is 24.3 Å². The van der Waals surface area contributed by atoms with Crippen LogP contribution in [0.4, 0.5) is 0 Å². The minimum Gasteiger partial charge on any atom is -0.494 e. The van der Waals surface area contributed by atoms with E-state index in [-0.39, 0.29) is 17.9 Å². The maximum absolute atomic E-state index is 12.6. The number of carbonyl (C=O) groups excluding carboxylic acids is 1. The fourth-order valence-electron chi connectivity index (χ4n) is 2.41. The highest BCUT2D eigenvalue weighted by molar-refractivity contribution is 7.89. The summed E-state index contributed by atoms with van der Waals surface area (Å²) >= 11 is 0. The molecular weight excluding hydrogens is 310 g/mol. The smallest absolute Gasteiger partial charge is 0.324 e. The highest BCUT2D eigenvalue weighted by atomic mass is 32.2. The lowest BCUT2D eigenvalue weighted by Gasteiger charge is -2.21. The summed E-state index contributed by atoms with van der Waals surface area (Å²) in [4.78, 5) is 11.8. The lowest BCUT2D eigenvalue weighted by atomic mass is 10.2. The van der Waals surface area contributed by atoms with Gasteiger partial charge in [0.25, 0.3) is 0 Å². The predicted octanol–water partition coefficient (Wildman–Crippen LogP) is 0.382. The average Bonchev–Trinajstić information content (AvgIpc) is 2.90. The van der Waals surface area contributed by atoms with Crippen LogP contribution in [0.15, 0.2) is 29.2 Å². The molecule has 7 nitrogen and oxygen atoms in total. The molecule has 0 aliphatic carbocycles. The van der Waals surface area contributed by atoms with Crippen molar-refractivity contribution < 1.29 is 27.8 Å². The van der Waals surface area contributed by atoms with Gasteiger partial charge in [0.2, 0.25) is 10.0 Å². The third kappa shape index (κ3) is 3.23. The van der Waals surface area contributed by atoms with Gasteiger partial charge in [0.05, 0.1) is 24.7 Å². The Labute approximate surface area is 129 Å². The molecule has 22 heavy (non-hydrogen) atoms. The molecular formula is C14H19NO6S. The summed E-state index contributed by atoms with van der Waals surface area (Å²) in [6.45, 7) is 2.18. The molecule has 1 saturated heterocycles. The average molecular weight is 329 g/mol. The Balaban J connectivity index is 2.30. The molecule has 122 valence electrons. The van der Waals surface area contributed by atoms with Crippen LogP contribution in [0.1, 0.15) is 13.3 Å². The molecule has 0 aromatic heterocycles. The molecule has 0 bridgehead atoms. The number of rotatable bonds is 5. The number of esters is 1. The normalized spacial score (nSPS) is 22.5. The van der Waals surface area contributed by atoms with E-state index >= 15 is 0 Å². The van der Waals surface area contributed by atoms with E-state index in [1.54, 1.807) is 12.1 Å². The Hall–Kier alpha value is -1.64. The van der Waals surface area contributed by atoms with Crippen molar-refractivity contribution in [3.63, 3.8) is 0 Å². The zero-order valence-electron chi connectivity index (χ0n) is 12.4. The van der Waals surface area contributed by atoms with Gasteiger partial charge in [-0.25, -0.2) is 8.42 Å². The van der Waals surface area contributed by atoms with Crippen LogP contribution in [0.2, 0.25) is 0 Å². The summed E-state index contributed by atoms with van der Waals surface area (Å²) in [6, 6.07) is 4.93. The van der Waals surface area contributed by atoms with Crippen LogP contribution >= 0.6 is 0 Å². The van der Waals surface area contributed by atoms with Crippen LogP contribution in [-0.2, 0) is 19.6 Å². The fourth-order valence-corrected chi connectivity index (χ4v) is 4.04. The van der Waals surface area contributed by atoms with Gasteiger partial charge in [0.1, 0.15) is 11.8 Å². The first-order valence-corrected chi connectivity index (χ1v) is 8.34. The van der Waals surface area contributed by atoms with Gasteiger partial charge >= 0.3 is 5.97 Å². The van der Waals surface area contributed by atoms with Gasteiger partial charge in [-0.15, -0.1) is 0 Å². The second-order valence-corrected chi connectivity index (χ2v) is 6.80. The molecule has 0 amide bonds. The number of aliphatic hydroxyl groups is 1. The molecule has 0 radical (unpaired) electrons. The van der Waals surface area contributed by atoms with Gasteiger partial charge in [0.15, 0.2) is 0 Å². The summed E-state index contributed by atoms with van der Waals surface area (Å²) in [5, 5.41) is 9.70. The maximum atomic E-state index is 12.6. The summed E-state index contributed by atoms with van der Waals surface area (Å²) in [5.74, 6) is -0.113. The second kappa shape index (κ2) is 6.64. The van der Waals surface area contributed by atoms with Crippen LogP contribution in [0.3, 0.4) is 0 Å². The zero-order chi connectivity index (χ0) is 16.3. The molecule has 0 unspecified atom stereocenters. The van der Waals surface area contributed by atoms with Crippen molar-refractivity contribution >= 4 is 16.0 Å². The lowest BCUT2D eigenvalue weighted by Crippen LogP contribution is -2.41. The van der Waals surface area contributed by atoms with Gasteiger partial charge in [-0.3, -0.25) is 4.79 Å². The fraction of sp³-hybridized carbons (Fsp3) is 0.500. The largest absolute Gasteiger partial charge is 0.494 e. The standard InChI is InChI=1S/C14H19NO6S/c1-3-21-11-4-6-12(7-5-11)22(18,19)15-9-10(16)8-13(15)14(17)20-2/h4-7,10,13,16H,3,8-9H2,1-2H3/t10-,13-/m1/s1. The topological polar surface area (TPSA) is 93.1 Å². The first kappa shape index (κ1) is 16.7. The van der Waals surface area contributed by atoms with Crippen LogP contribution < -0.4 is 4.74 Å². The van der Waals surface area contributed by atoms with Crippen molar-refractivity contribution in [1.29, 1.82) is 0 Å². The summed E-state index contributed by atoms with van der Waals surface area (Å²) < 4.78 is 36.2. The third-order valence-corrected chi connectivity index (χ3v) is 5.34. The number of aliphatic hydroxyl groups excluding tert-OH is 1. The highest BCUT2D eigenvalue weighted by Gasteiger charge is 2.44. The molecule has 1 heterocycles. The van der Waals surface area contributed by atoms with Gasteiger partial charge in [-0.05, 0) is 31.2 Å². The molecule has 0 spiro atoms. The van der Waals surface area contributed by atoms with E-state index in [0.717, 1.165) is 4.31 Å². The Morgan fingerprint density at radius 3 is 2.55 bits per heavy atom. The number of nitrogens with zero attached hydrogens (tertiary/aromatic N) is 1. The number of hydrogen-bond donors (Lipinski definition) is 1. The number of benzene rings is 1. The van der Waals surface area contributed by atoms with Gasteiger partial charge < -0.3 is 14.6 Å². The van der Waals surface area contributed by atoms with Crippen molar-refractivity contribution in [2.45, 2.75) is 30.4 Å². The number of sulfonamides is 1. The number of β-amino-alcohol motifs (C(OH)–C–C–N with tert-alkyl or cyclic N) is 1. The Morgan fingerprint density at radius 2 is 2.00 bits per heavy atom. The van der Waals surface area contributed by atoms with E-state index in [2.05, 4.69) is 4.74 Å². The van der Waals surface area contributed by atoms with E-state index in [4.69, 9.17) is 4.74 Å². The maximum Gasteiger partial charge on any atom is 0.324 e. The summed E-state index contributed by atoms with van der Waals surface area (Å²) in [6.07, 6.45) is -0.857. The quantitative estimate of drug-likeness (QED) is 0.785. The molecule has 2 atom stereocenters. The molecule has 1 aliphatic rings. The molecule has 1 N–H and O–H groups in total. The van der Waals surface area contributed by atoms with Crippen LogP contribution in [-0.4, -0.2) is 56.2 Å². The molecule has 1 aromatic carbocycles. The molecule has 1 aliphatic heterocycles. The highest BCUT2D eigenvalue weighted by Crippen LogP contribution is 2.28. The molecule has 1 fully saturated rings. The minimum absolute atomic E-state index is 0.0307. The van der Waals surface area contributed by atoms with Crippen molar-refractivity contribution in [1.82, 2.24) is 4.31 Å². The Kier molecular flexibility index (Phi) is 5.05. The second-order valence-electron chi connectivity index (χ2n) is 4.91. The van der Waals surface area contributed by atoms with Crippen LogP contribution in [0.25, 0.3) is 0 Å². The molecule has 2 rings (SSSR count). The number of ether oxygens (including phenoxy) is 2. The number of hydrogen-bond acceptors (Lipinski definition) is 6. The Morgan fingerprint density at radius 1 is 1.36 bits per heavy atom. The van der Waals surface area contributed by atoms with Gasteiger partial charge in [0, 0.05) is 13.0 Å². The van der Waals surface area contributed by atoms with Crippen LogP contribution in [0, 0.1) is 0 Å². The number of methoxy groups -OCH3 is 1. The third-order valence-electron chi connectivity index (χ3n) is 3.45. The SMILES string of the molecule is CCOc1ccc(S(=O)(=O)N2C[C@H](O)C[C@@H]2C(=O)OC)cc1. The predicted molar refractivity (Wildman–Crippen MR) is 77.9 cm³/mol. The van der Waals surface area contributed by atoms with E-state index in [1.807, 2.05) is 6.92 Å². The van der Waals surface area contributed by atoms with Crippen molar-refractivity contribution in [2.75, 3.05) is 20.3 Å². The minimum atomic E-state index is -3.89. The van der Waals surface area contributed by atoms with E-state index in [9.17, 15) is 18.3 Å². The van der Waals surface area contributed by atoms with Gasteiger partial charge in [-0.1, -0.05) is 0 Å².